The van der Waals surface area contributed by atoms with Gasteiger partial charge in [0, 0.05) is 26.1 Å². The van der Waals surface area contributed by atoms with Crippen LogP contribution in [0, 0.1) is 0 Å². The maximum absolute atomic E-state index is 11.9. The van der Waals surface area contributed by atoms with Crippen molar-refractivity contribution in [3.63, 3.8) is 0 Å². The first-order valence-electron chi connectivity index (χ1n) is 7.12. The number of hydrogen-bond acceptors (Lipinski definition) is 3. The second kappa shape index (κ2) is 6.71. The Morgan fingerprint density at radius 2 is 1.91 bits per heavy atom. The van der Waals surface area contributed by atoms with Crippen LogP contribution in [-0.2, 0) is 0 Å². The van der Waals surface area contributed by atoms with E-state index in [1.54, 1.807) is 17.8 Å². The van der Waals surface area contributed by atoms with E-state index in [2.05, 4.69) is 35.0 Å². The first kappa shape index (κ1) is 15.4. The summed E-state index contributed by atoms with van der Waals surface area (Å²) in [6.45, 7) is 2.14. The van der Waals surface area contributed by atoms with Gasteiger partial charge in [0.05, 0.1) is 0 Å². The fourth-order valence-electron chi connectivity index (χ4n) is 2.46. The molecule has 3 rings (SSSR count). The van der Waals surface area contributed by atoms with Crippen molar-refractivity contribution in [1.29, 1.82) is 0 Å². The molecule has 22 heavy (non-hydrogen) atoms. The predicted molar refractivity (Wildman–Crippen MR) is 95.5 cm³/mol. The molecule has 0 aliphatic rings. The van der Waals surface area contributed by atoms with E-state index in [9.17, 15) is 4.79 Å². The Labute approximate surface area is 141 Å². The Balaban J connectivity index is 2.10. The molecule has 112 valence electrons. The molecular weight excluding hydrogens is 360 g/mol. The Morgan fingerprint density at radius 1 is 1.14 bits per heavy atom. The lowest BCUT2D eigenvalue weighted by atomic mass is 10.1. The zero-order valence-electron chi connectivity index (χ0n) is 12.1. The van der Waals surface area contributed by atoms with Gasteiger partial charge in [-0.15, -0.1) is 11.8 Å². The standard InChI is InChI=1S/C18H15BrO2S/c1-2-17(22-13-6-4-3-5-7-13)15-11-18(20)21-16-9-8-12(19)10-14(15)16/h3-11,17H,2H2,1H3. The van der Waals surface area contributed by atoms with Crippen LogP contribution in [-0.4, -0.2) is 0 Å². The second-order valence-corrected chi connectivity index (χ2v) is 7.18. The van der Waals surface area contributed by atoms with Crippen LogP contribution in [0.5, 0.6) is 0 Å². The zero-order chi connectivity index (χ0) is 15.5. The topological polar surface area (TPSA) is 30.2 Å². The second-order valence-electron chi connectivity index (χ2n) is 4.99. The summed E-state index contributed by atoms with van der Waals surface area (Å²) in [5.41, 5.74) is 1.37. The molecule has 0 bridgehead atoms. The summed E-state index contributed by atoms with van der Waals surface area (Å²) in [6.07, 6.45) is 0.935. The molecule has 1 heterocycles. The molecule has 0 radical (unpaired) electrons. The van der Waals surface area contributed by atoms with Crippen LogP contribution in [0.4, 0.5) is 0 Å². The highest BCUT2D eigenvalue weighted by molar-refractivity contribution is 9.10. The van der Waals surface area contributed by atoms with Gasteiger partial charge in [-0.25, -0.2) is 4.79 Å². The van der Waals surface area contributed by atoms with Crippen LogP contribution < -0.4 is 5.63 Å². The fourth-order valence-corrected chi connectivity index (χ4v) is 3.95. The molecule has 4 heteroatoms. The number of rotatable bonds is 4. The van der Waals surface area contributed by atoms with Gasteiger partial charge in [0.25, 0.3) is 0 Å². The van der Waals surface area contributed by atoms with Crippen LogP contribution in [0.1, 0.15) is 24.2 Å². The molecule has 1 atom stereocenters. The highest BCUT2D eigenvalue weighted by Crippen LogP contribution is 2.40. The molecule has 0 fully saturated rings. The van der Waals surface area contributed by atoms with E-state index in [1.807, 2.05) is 36.4 Å². The highest BCUT2D eigenvalue weighted by Gasteiger charge is 2.16. The lowest BCUT2D eigenvalue weighted by molar-refractivity contribution is 0.558. The van der Waals surface area contributed by atoms with Crippen molar-refractivity contribution in [3.05, 3.63) is 75.1 Å². The van der Waals surface area contributed by atoms with Gasteiger partial charge in [-0.3, -0.25) is 0 Å². The summed E-state index contributed by atoms with van der Waals surface area (Å²) in [5, 5.41) is 1.20. The molecule has 0 amide bonds. The minimum Gasteiger partial charge on any atom is -0.423 e. The summed E-state index contributed by atoms with van der Waals surface area (Å²) in [5.74, 6) is 0. The maximum Gasteiger partial charge on any atom is 0.336 e. The summed E-state index contributed by atoms with van der Waals surface area (Å²) >= 11 is 5.27. The van der Waals surface area contributed by atoms with E-state index in [1.165, 1.54) is 4.90 Å². The van der Waals surface area contributed by atoms with Gasteiger partial charge in [-0.1, -0.05) is 41.1 Å². The molecule has 2 aromatic carbocycles. The van der Waals surface area contributed by atoms with Crippen molar-refractivity contribution >= 4 is 38.7 Å². The van der Waals surface area contributed by atoms with Gasteiger partial charge in [-0.2, -0.15) is 0 Å². The lowest BCUT2D eigenvalue weighted by Gasteiger charge is -2.16. The van der Waals surface area contributed by atoms with E-state index in [0.29, 0.717) is 5.58 Å². The summed E-state index contributed by atoms with van der Waals surface area (Å²) < 4.78 is 6.30. The SMILES string of the molecule is CCC(Sc1ccccc1)c1cc(=O)oc2ccc(Br)cc12. The van der Waals surface area contributed by atoms with Crippen LogP contribution in [0.2, 0.25) is 0 Å². The van der Waals surface area contributed by atoms with E-state index in [-0.39, 0.29) is 10.9 Å². The van der Waals surface area contributed by atoms with Gasteiger partial charge >= 0.3 is 5.63 Å². The van der Waals surface area contributed by atoms with Gasteiger partial charge in [0.15, 0.2) is 0 Å². The average Bonchev–Trinajstić information content (AvgIpc) is 2.53. The first-order chi connectivity index (χ1) is 10.7. The van der Waals surface area contributed by atoms with Gasteiger partial charge < -0.3 is 4.42 Å². The van der Waals surface area contributed by atoms with Crippen LogP contribution in [0.25, 0.3) is 11.0 Å². The van der Waals surface area contributed by atoms with E-state index in [4.69, 9.17) is 4.42 Å². The Morgan fingerprint density at radius 3 is 2.64 bits per heavy atom. The summed E-state index contributed by atoms with van der Waals surface area (Å²) in [4.78, 5) is 13.1. The molecule has 2 nitrogen and oxygen atoms in total. The first-order valence-corrected chi connectivity index (χ1v) is 8.79. The van der Waals surface area contributed by atoms with Gasteiger partial charge in [0.1, 0.15) is 5.58 Å². The average molecular weight is 375 g/mol. The molecule has 1 unspecified atom stereocenters. The Bertz CT molecular complexity index is 843. The van der Waals surface area contributed by atoms with Crippen LogP contribution >= 0.6 is 27.7 Å². The minimum atomic E-state index is -0.295. The molecular formula is C18H15BrO2S. The number of halogens is 1. The largest absolute Gasteiger partial charge is 0.423 e. The number of benzene rings is 2. The molecule has 0 saturated carbocycles. The van der Waals surface area contributed by atoms with Crippen molar-refractivity contribution in [2.24, 2.45) is 0 Å². The quantitative estimate of drug-likeness (QED) is 0.427. The summed E-state index contributed by atoms with van der Waals surface area (Å²) in [6, 6.07) is 17.6. The van der Waals surface area contributed by atoms with Gasteiger partial charge in [0.2, 0.25) is 0 Å². The van der Waals surface area contributed by atoms with Crippen molar-refractivity contribution in [1.82, 2.24) is 0 Å². The smallest absolute Gasteiger partial charge is 0.336 e. The van der Waals surface area contributed by atoms with Crippen LogP contribution in [0.15, 0.2) is 73.2 Å². The molecule has 0 spiro atoms. The third-order valence-electron chi connectivity index (χ3n) is 3.48. The lowest BCUT2D eigenvalue weighted by Crippen LogP contribution is -2.03. The van der Waals surface area contributed by atoms with Crippen molar-refractivity contribution in [3.8, 4) is 0 Å². The predicted octanol–water partition coefficient (Wildman–Crippen LogP) is 5.80. The minimum absolute atomic E-state index is 0.211. The van der Waals surface area contributed by atoms with Crippen LogP contribution in [0.3, 0.4) is 0 Å². The fraction of sp³-hybridized carbons (Fsp3) is 0.167. The number of thioether (sulfide) groups is 1. The van der Waals surface area contributed by atoms with E-state index >= 15 is 0 Å². The Kier molecular flexibility index (Phi) is 4.69. The molecule has 0 aliphatic carbocycles. The molecule has 0 N–H and O–H groups in total. The monoisotopic (exact) mass is 374 g/mol. The molecule has 3 aromatic rings. The normalized spacial score (nSPS) is 12.5. The van der Waals surface area contributed by atoms with E-state index < -0.39 is 0 Å². The van der Waals surface area contributed by atoms with Crippen molar-refractivity contribution in [2.45, 2.75) is 23.5 Å². The molecule has 0 saturated heterocycles. The Hall–Kier alpha value is -1.52. The van der Waals surface area contributed by atoms with Crippen molar-refractivity contribution in [2.75, 3.05) is 0 Å². The summed E-state index contributed by atoms with van der Waals surface area (Å²) in [7, 11) is 0. The molecule has 0 aliphatic heterocycles. The molecule has 1 aromatic heterocycles. The number of hydrogen-bond donors (Lipinski definition) is 0. The maximum atomic E-state index is 11.9. The van der Waals surface area contributed by atoms with E-state index in [0.717, 1.165) is 21.8 Å². The third kappa shape index (κ3) is 3.28. The third-order valence-corrected chi connectivity index (χ3v) is 5.39. The zero-order valence-corrected chi connectivity index (χ0v) is 14.5. The van der Waals surface area contributed by atoms with Gasteiger partial charge in [-0.05, 0) is 42.3 Å². The highest BCUT2D eigenvalue weighted by atomic mass is 79.9. The van der Waals surface area contributed by atoms with Crippen molar-refractivity contribution < 1.29 is 4.42 Å². The number of fused-ring (bicyclic) bond motifs is 1.